The summed E-state index contributed by atoms with van der Waals surface area (Å²) in [5.41, 5.74) is 3.16. The van der Waals surface area contributed by atoms with Crippen LogP contribution in [0.15, 0.2) is 0 Å². The molecule has 0 aliphatic heterocycles. The molecule has 1 aliphatic carbocycles. The van der Waals surface area contributed by atoms with Gasteiger partial charge in [-0.25, -0.2) is 4.79 Å². The lowest BCUT2D eigenvalue weighted by Gasteiger charge is -2.43. The fourth-order valence-corrected chi connectivity index (χ4v) is 2.52. The Morgan fingerprint density at radius 3 is 2.10 bits per heavy atom. The molecule has 3 N–H and O–H groups in total. The summed E-state index contributed by atoms with van der Waals surface area (Å²) in [7, 11) is 0. The van der Waals surface area contributed by atoms with E-state index in [1.165, 1.54) is 0 Å². The zero-order chi connectivity index (χ0) is 15.6. The molecule has 0 spiro atoms. The molecule has 0 bridgehead atoms. The molecule has 1 amide bonds. The van der Waals surface area contributed by atoms with Crippen molar-refractivity contribution >= 4 is 6.09 Å². The summed E-state index contributed by atoms with van der Waals surface area (Å²) in [6, 6.07) is -2.08. The molecule has 1 unspecified atom stereocenters. The number of halogens is 3. The zero-order valence-electron chi connectivity index (χ0n) is 12.1. The first-order valence-corrected chi connectivity index (χ1v) is 6.80. The van der Waals surface area contributed by atoms with Crippen molar-refractivity contribution in [2.24, 2.45) is 5.73 Å². The molecule has 1 rings (SSSR count). The minimum absolute atomic E-state index is 0.215. The molecule has 0 heterocycles. The van der Waals surface area contributed by atoms with Crippen LogP contribution in [0.2, 0.25) is 0 Å². The van der Waals surface area contributed by atoms with Crippen molar-refractivity contribution in [2.75, 3.05) is 0 Å². The quantitative estimate of drug-likeness (QED) is 0.823. The van der Waals surface area contributed by atoms with Crippen molar-refractivity contribution in [3.8, 4) is 0 Å². The van der Waals surface area contributed by atoms with E-state index in [0.717, 1.165) is 6.42 Å². The first-order valence-electron chi connectivity index (χ1n) is 6.80. The van der Waals surface area contributed by atoms with Crippen molar-refractivity contribution < 1.29 is 22.7 Å². The van der Waals surface area contributed by atoms with E-state index in [0.29, 0.717) is 12.8 Å². The molecule has 1 fully saturated rings. The van der Waals surface area contributed by atoms with Gasteiger partial charge in [0.25, 0.3) is 0 Å². The number of carbonyl (C=O) groups is 1. The summed E-state index contributed by atoms with van der Waals surface area (Å²) in [6.07, 6.45) is -2.90. The fraction of sp³-hybridized carbons (Fsp3) is 0.923. The van der Waals surface area contributed by atoms with Gasteiger partial charge in [-0.15, -0.1) is 0 Å². The number of amides is 1. The third-order valence-electron chi connectivity index (χ3n) is 3.44. The molecular formula is C13H23F3N2O2. The highest BCUT2D eigenvalue weighted by Crippen LogP contribution is 2.37. The van der Waals surface area contributed by atoms with Gasteiger partial charge in [0, 0.05) is 0 Å². The maximum absolute atomic E-state index is 12.9. The van der Waals surface area contributed by atoms with Crippen LogP contribution in [0.4, 0.5) is 18.0 Å². The van der Waals surface area contributed by atoms with E-state index in [1.54, 1.807) is 20.8 Å². The summed E-state index contributed by atoms with van der Waals surface area (Å²) >= 11 is 0. The van der Waals surface area contributed by atoms with Crippen molar-refractivity contribution in [2.45, 2.75) is 76.2 Å². The summed E-state index contributed by atoms with van der Waals surface area (Å²) in [6.45, 7) is 4.97. The molecule has 4 nitrogen and oxygen atoms in total. The monoisotopic (exact) mass is 296 g/mol. The molecule has 0 aromatic rings. The number of alkyl carbamates (subject to hydrolysis) is 1. The third-order valence-corrected chi connectivity index (χ3v) is 3.44. The molecule has 7 heteroatoms. The fourth-order valence-electron chi connectivity index (χ4n) is 2.52. The smallest absolute Gasteiger partial charge is 0.408 e. The molecular weight excluding hydrogens is 273 g/mol. The van der Waals surface area contributed by atoms with Gasteiger partial charge in [-0.3, -0.25) is 0 Å². The van der Waals surface area contributed by atoms with Gasteiger partial charge in [-0.05, 0) is 33.6 Å². The number of alkyl halides is 3. The summed E-state index contributed by atoms with van der Waals surface area (Å²) in [4.78, 5) is 11.8. The van der Waals surface area contributed by atoms with Crippen molar-refractivity contribution in [3.63, 3.8) is 0 Å². The van der Waals surface area contributed by atoms with E-state index in [9.17, 15) is 18.0 Å². The highest BCUT2D eigenvalue weighted by Gasteiger charge is 2.52. The molecule has 20 heavy (non-hydrogen) atoms. The Kier molecular flexibility index (Phi) is 4.94. The Hall–Kier alpha value is -0.980. The maximum atomic E-state index is 12.9. The van der Waals surface area contributed by atoms with Crippen LogP contribution < -0.4 is 11.1 Å². The molecule has 0 saturated heterocycles. The SMILES string of the molecule is CC(C)(C)OC(=O)NC1(C(N)C(F)(F)F)CCCCC1. The largest absolute Gasteiger partial charge is 0.444 e. The number of nitrogens with one attached hydrogen (secondary N) is 1. The van der Waals surface area contributed by atoms with Gasteiger partial charge in [0.2, 0.25) is 0 Å². The first kappa shape index (κ1) is 17.1. The number of nitrogens with two attached hydrogens (primary N) is 1. The van der Waals surface area contributed by atoms with Gasteiger partial charge in [0.15, 0.2) is 0 Å². The lowest BCUT2D eigenvalue weighted by Crippen LogP contribution is -2.66. The zero-order valence-corrected chi connectivity index (χ0v) is 12.1. The summed E-state index contributed by atoms with van der Waals surface area (Å²) in [5, 5.41) is 2.39. The molecule has 118 valence electrons. The predicted octanol–water partition coefficient (Wildman–Crippen LogP) is 3.10. The molecule has 0 radical (unpaired) electrons. The third kappa shape index (κ3) is 4.54. The van der Waals surface area contributed by atoms with E-state index in [2.05, 4.69) is 5.32 Å². The Labute approximate surface area is 117 Å². The first-order chi connectivity index (χ1) is 8.96. The second-order valence-corrected chi connectivity index (χ2v) is 6.36. The number of ether oxygens (including phenoxy) is 1. The van der Waals surface area contributed by atoms with Crippen LogP contribution in [0.1, 0.15) is 52.9 Å². The van der Waals surface area contributed by atoms with Crippen LogP contribution in [-0.2, 0) is 4.74 Å². The summed E-state index contributed by atoms with van der Waals surface area (Å²) < 4.78 is 43.9. The second-order valence-electron chi connectivity index (χ2n) is 6.36. The summed E-state index contributed by atoms with van der Waals surface area (Å²) in [5.74, 6) is 0. The number of rotatable bonds is 2. The molecule has 1 atom stereocenters. The van der Waals surface area contributed by atoms with Gasteiger partial charge in [0.05, 0.1) is 5.54 Å². The highest BCUT2D eigenvalue weighted by atomic mass is 19.4. The van der Waals surface area contributed by atoms with Crippen molar-refractivity contribution in [3.05, 3.63) is 0 Å². The molecule has 1 aliphatic rings. The lowest BCUT2D eigenvalue weighted by atomic mass is 9.76. The molecule has 0 aromatic heterocycles. The van der Waals surface area contributed by atoms with Crippen LogP contribution in [0.25, 0.3) is 0 Å². The lowest BCUT2D eigenvalue weighted by molar-refractivity contribution is -0.168. The van der Waals surface area contributed by atoms with E-state index in [-0.39, 0.29) is 12.8 Å². The van der Waals surface area contributed by atoms with Crippen LogP contribution in [0.3, 0.4) is 0 Å². The van der Waals surface area contributed by atoms with Crippen LogP contribution >= 0.6 is 0 Å². The van der Waals surface area contributed by atoms with Gasteiger partial charge in [-0.1, -0.05) is 19.3 Å². The molecule has 1 saturated carbocycles. The second kappa shape index (κ2) is 5.79. The predicted molar refractivity (Wildman–Crippen MR) is 69.2 cm³/mol. The standard InChI is InChI=1S/C13H23F3N2O2/c1-11(2,3)20-10(19)18-12(7-5-4-6-8-12)9(17)13(14,15)16/h9H,4-8,17H2,1-3H3,(H,18,19). The Bertz CT molecular complexity index is 345. The van der Waals surface area contributed by atoms with Crippen molar-refractivity contribution in [1.82, 2.24) is 5.32 Å². The normalized spacial score (nSPS) is 21.1. The van der Waals surface area contributed by atoms with E-state index in [4.69, 9.17) is 10.5 Å². The number of hydrogen-bond donors (Lipinski definition) is 2. The van der Waals surface area contributed by atoms with Crippen molar-refractivity contribution in [1.29, 1.82) is 0 Å². The van der Waals surface area contributed by atoms with Gasteiger partial charge in [0.1, 0.15) is 11.6 Å². The number of carbonyl (C=O) groups excluding carboxylic acids is 1. The van der Waals surface area contributed by atoms with Gasteiger partial charge < -0.3 is 15.8 Å². The van der Waals surface area contributed by atoms with E-state index < -0.39 is 29.5 Å². The number of hydrogen-bond acceptors (Lipinski definition) is 3. The Morgan fingerprint density at radius 1 is 1.20 bits per heavy atom. The van der Waals surface area contributed by atoms with E-state index >= 15 is 0 Å². The topological polar surface area (TPSA) is 64.3 Å². The highest BCUT2D eigenvalue weighted by molar-refractivity contribution is 5.69. The minimum atomic E-state index is -4.55. The van der Waals surface area contributed by atoms with Crippen LogP contribution in [-0.4, -0.2) is 29.5 Å². The van der Waals surface area contributed by atoms with Gasteiger partial charge in [-0.2, -0.15) is 13.2 Å². The van der Waals surface area contributed by atoms with Crippen LogP contribution in [0.5, 0.6) is 0 Å². The average Bonchev–Trinajstić information content (AvgIpc) is 2.25. The average molecular weight is 296 g/mol. The molecule has 0 aromatic carbocycles. The Morgan fingerprint density at radius 2 is 1.70 bits per heavy atom. The minimum Gasteiger partial charge on any atom is -0.444 e. The Balaban J connectivity index is 2.87. The van der Waals surface area contributed by atoms with Crippen LogP contribution in [0, 0.1) is 0 Å². The maximum Gasteiger partial charge on any atom is 0.408 e. The van der Waals surface area contributed by atoms with Gasteiger partial charge >= 0.3 is 12.3 Å². The van der Waals surface area contributed by atoms with E-state index in [1.807, 2.05) is 0 Å².